The molecule has 2 aromatic carbocycles. The van der Waals surface area contributed by atoms with Crippen molar-refractivity contribution in [2.24, 2.45) is 0 Å². The summed E-state index contributed by atoms with van der Waals surface area (Å²) < 4.78 is 10.1. The fraction of sp³-hybridized carbons (Fsp3) is 0.469. The van der Waals surface area contributed by atoms with Crippen LogP contribution in [-0.2, 0) is 41.5 Å². The summed E-state index contributed by atoms with van der Waals surface area (Å²) in [5.41, 5.74) is 0.354. The standard InChI is InChI=1S/C32H39N3O8/c1-21(43-22(2)36)27(29(38)42-3)33-30(39)32(20-24-13-8-5-9-14-24)17-10-18-34(32)28(37)26-16-15-25(35(26)31(40)41)19-23-11-6-4-7-12-23/h4-9,11-14,21,25-27H,10,15-20H2,1-3H3,(H,33,39)(H,40,41)/t21-,25?,26?,27+,32?/m1/s1. The van der Waals surface area contributed by atoms with Crippen molar-refractivity contribution < 1.29 is 38.6 Å². The predicted molar refractivity (Wildman–Crippen MR) is 156 cm³/mol. The number of hydrogen-bond donors (Lipinski definition) is 2. The molecule has 0 radical (unpaired) electrons. The van der Waals surface area contributed by atoms with Crippen LogP contribution >= 0.6 is 0 Å². The van der Waals surface area contributed by atoms with Crippen LogP contribution in [0.3, 0.4) is 0 Å². The first-order valence-electron chi connectivity index (χ1n) is 14.5. The van der Waals surface area contributed by atoms with E-state index in [2.05, 4.69) is 5.32 Å². The second kappa shape index (κ2) is 13.7. The number of carboxylic acid groups (broad SMARTS) is 1. The minimum Gasteiger partial charge on any atom is -0.467 e. The van der Waals surface area contributed by atoms with Crippen LogP contribution in [0.2, 0.25) is 0 Å². The topological polar surface area (TPSA) is 143 Å². The van der Waals surface area contributed by atoms with Crippen LogP contribution in [0.15, 0.2) is 60.7 Å². The van der Waals surface area contributed by atoms with Gasteiger partial charge in [-0.25, -0.2) is 9.59 Å². The Labute approximate surface area is 251 Å². The molecule has 3 amide bonds. The Morgan fingerprint density at radius 1 is 1.00 bits per heavy atom. The Balaban J connectivity index is 1.66. The molecule has 11 heteroatoms. The van der Waals surface area contributed by atoms with Gasteiger partial charge in [-0.2, -0.15) is 0 Å². The monoisotopic (exact) mass is 593 g/mol. The van der Waals surface area contributed by atoms with Gasteiger partial charge in [0.05, 0.1) is 7.11 Å². The van der Waals surface area contributed by atoms with Crippen molar-refractivity contribution >= 4 is 29.8 Å². The van der Waals surface area contributed by atoms with E-state index >= 15 is 0 Å². The van der Waals surface area contributed by atoms with Gasteiger partial charge in [0, 0.05) is 25.9 Å². The molecule has 5 atom stereocenters. The highest BCUT2D eigenvalue weighted by Gasteiger charge is 2.54. The Morgan fingerprint density at radius 3 is 2.21 bits per heavy atom. The molecule has 11 nitrogen and oxygen atoms in total. The van der Waals surface area contributed by atoms with E-state index in [-0.39, 0.29) is 19.0 Å². The Bertz CT molecular complexity index is 1320. The molecular formula is C32H39N3O8. The molecule has 230 valence electrons. The fourth-order valence-electron chi connectivity index (χ4n) is 6.42. The number of rotatable bonds is 10. The molecule has 2 aromatic rings. The number of methoxy groups -OCH3 is 1. The molecule has 2 aliphatic heterocycles. The zero-order chi connectivity index (χ0) is 31.1. The van der Waals surface area contributed by atoms with E-state index in [9.17, 15) is 29.1 Å². The summed E-state index contributed by atoms with van der Waals surface area (Å²) in [6.45, 7) is 2.91. The summed E-state index contributed by atoms with van der Waals surface area (Å²) in [6.07, 6.45) is 0.0313. The molecule has 3 unspecified atom stereocenters. The quantitative estimate of drug-likeness (QED) is 0.401. The number of hydrogen-bond acceptors (Lipinski definition) is 7. The molecule has 2 fully saturated rings. The number of ether oxygens (including phenoxy) is 2. The molecular weight excluding hydrogens is 554 g/mol. The average molecular weight is 594 g/mol. The number of amides is 3. The molecule has 0 spiro atoms. The van der Waals surface area contributed by atoms with Crippen molar-refractivity contribution in [3.8, 4) is 0 Å². The van der Waals surface area contributed by atoms with E-state index in [1.807, 2.05) is 60.7 Å². The van der Waals surface area contributed by atoms with Crippen molar-refractivity contribution in [2.45, 2.75) is 82.1 Å². The highest BCUT2D eigenvalue weighted by atomic mass is 16.6. The fourth-order valence-corrected chi connectivity index (χ4v) is 6.42. The first-order chi connectivity index (χ1) is 20.6. The van der Waals surface area contributed by atoms with Gasteiger partial charge < -0.3 is 24.8 Å². The Hall–Kier alpha value is -4.41. The second-order valence-electron chi connectivity index (χ2n) is 11.2. The van der Waals surface area contributed by atoms with E-state index in [1.165, 1.54) is 30.8 Å². The van der Waals surface area contributed by atoms with E-state index < -0.39 is 53.6 Å². The maximum absolute atomic E-state index is 14.3. The van der Waals surface area contributed by atoms with E-state index in [0.29, 0.717) is 32.1 Å². The number of esters is 2. The summed E-state index contributed by atoms with van der Waals surface area (Å²) in [5.74, 6) is -2.47. The summed E-state index contributed by atoms with van der Waals surface area (Å²) >= 11 is 0. The van der Waals surface area contributed by atoms with Gasteiger partial charge in [0.15, 0.2) is 6.04 Å². The average Bonchev–Trinajstić information content (AvgIpc) is 3.61. The van der Waals surface area contributed by atoms with Gasteiger partial charge >= 0.3 is 18.0 Å². The normalized spacial score (nSPS) is 22.9. The number of carbonyl (C=O) groups is 5. The molecule has 0 saturated carbocycles. The van der Waals surface area contributed by atoms with Crippen LogP contribution in [0.1, 0.15) is 50.7 Å². The second-order valence-corrected chi connectivity index (χ2v) is 11.2. The molecule has 2 aliphatic rings. The van der Waals surface area contributed by atoms with Gasteiger partial charge in [0.25, 0.3) is 0 Å². The third-order valence-electron chi connectivity index (χ3n) is 8.40. The predicted octanol–water partition coefficient (Wildman–Crippen LogP) is 2.95. The van der Waals surface area contributed by atoms with Crippen molar-refractivity contribution in [1.82, 2.24) is 15.1 Å². The third kappa shape index (κ3) is 6.98. The summed E-state index contributed by atoms with van der Waals surface area (Å²) in [5, 5.41) is 12.9. The van der Waals surface area contributed by atoms with Gasteiger partial charge in [-0.05, 0) is 50.2 Å². The van der Waals surface area contributed by atoms with Crippen molar-refractivity contribution in [2.75, 3.05) is 13.7 Å². The van der Waals surface area contributed by atoms with Crippen LogP contribution < -0.4 is 5.32 Å². The summed E-state index contributed by atoms with van der Waals surface area (Å²) in [7, 11) is 1.17. The smallest absolute Gasteiger partial charge is 0.408 e. The largest absolute Gasteiger partial charge is 0.467 e. The Morgan fingerprint density at radius 2 is 1.63 bits per heavy atom. The number of likely N-dealkylation sites (tertiary alicyclic amines) is 2. The number of nitrogens with zero attached hydrogens (tertiary/aromatic N) is 2. The van der Waals surface area contributed by atoms with Crippen LogP contribution in [0, 0.1) is 0 Å². The summed E-state index contributed by atoms with van der Waals surface area (Å²) in [4.78, 5) is 68.1. The molecule has 0 aromatic heterocycles. The van der Waals surface area contributed by atoms with Gasteiger partial charge in [-0.3, -0.25) is 19.3 Å². The first-order valence-corrected chi connectivity index (χ1v) is 14.5. The lowest BCUT2D eigenvalue weighted by molar-refractivity contribution is -0.158. The van der Waals surface area contributed by atoms with E-state index in [1.54, 1.807) is 0 Å². The molecule has 0 aliphatic carbocycles. The molecule has 2 heterocycles. The van der Waals surface area contributed by atoms with Crippen LogP contribution in [-0.4, -0.2) is 88.2 Å². The zero-order valence-electron chi connectivity index (χ0n) is 24.7. The molecule has 4 rings (SSSR count). The minimum absolute atomic E-state index is 0.147. The summed E-state index contributed by atoms with van der Waals surface area (Å²) in [6, 6.07) is 16.1. The highest BCUT2D eigenvalue weighted by Crippen LogP contribution is 2.37. The lowest BCUT2D eigenvalue weighted by atomic mass is 9.86. The zero-order valence-corrected chi connectivity index (χ0v) is 24.7. The number of benzene rings is 2. The molecule has 2 saturated heterocycles. The van der Waals surface area contributed by atoms with Gasteiger partial charge in [-0.15, -0.1) is 0 Å². The molecule has 0 bridgehead atoms. The minimum atomic E-state index is -1.41. The number of carbonyl (C=O) groups excluding carboxylic acids is 4. The Kier molecular flexibility index (Phi) is 10.1. The third-order valence-corrected chi connectivity index (χ3v) is 8.40. The molecule has 2 N–H and O–H groups in total. The van der Waals surface area contributed by atoms with Crippen LogP contribution in [0.4, 0.5) is 4.79 Å². The first kappa shape index (κ1) is 31.5. The van der Waals surface area contributed by atoms with Gasteiger partial charge in [-0.1, -0.05) is 60.7 Å². The lowest BCUT2D eigenvalue weighted by Gasteiger charge is -2.41. The maximum Gasteiger partial charge on any atom is 0.408 e. The lowest BCUT2D eigenvalue weighted by Crippen LogP contribution is -2.64. The van der Waals surface area contributed by atoms with Gasteiger partial charge in [0.2, 0.25) is 11.8 Å². The van der Waals surface area contributed by atoms with E-state index in [4.69, 9.17) is 9.47 Å². The van der Waals surface area contributed by atoms with Crippen molar-refractivity contribution in [3.05, 3.63) is 71.8 Å². The van der Waals surface area contributed by atoms with Gasteiger partial charge in [0.1, 0.15) is 17.7 Å². The maximum atomic E-state index is 14.3. The molecule has 43 heavy (non-hydrogen) atoms. The van der Waals surface area contributed by atoms with E-state index in [0.717, 1.165) is 11.1 Å². The van der Waals surface area contributed by atoms with Crippen LogP contribution in [0.25, 0.3) is 0 Å². The van der Waals surface area contributed by atoms with Crippen molar-refractivity contribution in [3.63, 3.8) is 0 Å². The highest BCUT2D eigenvalue weighted by molar-refractivity contribution is 5.97. The number of nitrogens with one attached hydrogen (secondary N) is 1. The SMILES string of the molecule is COC(=O)[C@@H](NC(=O)C1(Cc2ccccc2)CCCN1C(=O)C1CCC(Cc2ccccc2)N1C(=O)O)[C@@H](C)OC(C)=O. The van der Waals surface area contributed by atoms with Crippen molar-refractivity contribution in [1.29, 1.82) is 0 Å². The van der Waals surface area contributed by atoms with Crippen LogP contribution in [0.5, 0.6) is 0 Å².